The van der Waals surface area contributed by atoms with E-state index < -0.39 is 50.2 Å². The van der Waals surface area contributed by atoms with Crippen LogP contribution in [0.5, 0.6) is 0 Å². The molecule has 1 heterocycles. The van der Waals surface area contributed by atoms with Gasteiger partial charge in [-0.15, -0.1) is 0 Å². The monoisotopic (exact) mass is 663 g/mol. The number of amides is 3. The number of Topliss-reactive ketones (excluding diaryl/α,β-unsaturated/α-hetero) is 1. The predicted molar refractivity (Wildman–Crippen MR) is 169 cm³/mol. The zero-order valence-corrected chi connectivity index (χ0v) is 27.5. The van der Waals surface area contributed by atoms with Crippen LogP contribution in [-0.2, 0) is 34.4 Å². The molecule has 2 N–H and O–H groups in total. The highest BCUT2D eigenvalue weighted by Crippen LogP contribution is 2.51. The van der Waals surface area contributed by atoms with Crippen LogP contribution < -0.4 is 10.6 Å². The SMILES string of the molecule is CCCC(C)NC(=O)C(=O)C(CC)NC(=O)CC1CC(S(=O)(=O)c2ccccc2Cl)CN1C(=O)C1(c2ccc(Cl)cc2)CC1. The standard InChI is InChI=1S/C32H39Cl2N3O6S/c1-4-8-20(3)35-30(40)29(39)26(5-2)36-28(38)18-23-17-24(44(42,43)27-10-7-6-9-25(27)34)19-37(23)31(41)32(15-16-32)21-11-13-22(33)14-12-21/h6-7,9-14,20,23-24,26H,4-5,8,15-19H2,1-3H3,(H,35,40)(H,36,38). The molecule has 4 unspecified atom stereocenters. The molecule has 4 atom stereocenters. The molecule has 0 radical (unpaired) electrons. The lowest BCUT2D eigenvalue weighted by molar-refractivity contribution is -0.140. The average Bonchev–Trinajstić information content (AvgIpc) is 3.69. The quantitative estimate of drug-likeness (QED) is 0.301. The Morgan fingerprint density at radius 1 is 1.00 bits per heavy atom. The number of benzene rings is 2. The van der Waals surface area contributed by atoms with Gasteiger partial charge in [0.15, 0.2) is 9.84 Å². The summed E-state index contributed by atoms with van der Waals surface area (Å²) in [6.45, 7) is 5.37. The van der Waals surface area contributed by atoms with E-state index in [-0.39, 0.29) is 47.7 Å². The first kappa shape index (κ1) is 33.9. The Morgan fingerprint density at radius 2 is 1.66 bits per heavy atom. The van der Waals surface area contributed by atoms with E-state index in [9.17, 15) is 27.6 Å². The third-order valence-corrected chi connectivity index (χ3v) is 11.5. The largest absolute Gasteiger partial charge is 0.347 e. The molecular weight excluding hydrogens is 625 g/mol. The molecule has 1 aliphatic heterocycles. The van der Waals surface area contributed by atoms with Crippen LogP contribution in [0.25, 0.3) is 0 Å². The smallest absolute Gasteiger partial charge is 0.289 e. The number of nitrogens with one attached hydrogen (secondary N) is 2. The second kappa shape index (κ2) is 14.0. The summed E-state index contributed by atoms with van der Waals surface area (Å²) in [7, 11) is -3.95. The van der Waals surface area contributed by atoms with Gasteiger partial charge in [-0.3, -0.25) is 19.2 Å². The van der Waals surface area contributed by atoms with Gasteiger partial charge in [-0.25, -0.2) is 8.42 Å². The number of carbonyl (C=O) groups excluding carboxylic acids is 4. The van der Waals surface area contributed by atoms with Gasteiger partial charge < -0.3 is 15.5 Å². The molecule has 0 bridgehead atoms. The van der Waals surface area contributed by atoms with Crippen LogP contribution in [0.2, 0.25) is 10.0 Å². The summed E-state index contributed by atoms with van der Waals surface area (Å²) in [6.07, 6.45) is 2.70. The van der Waals surface area contributed by atoms with E-state index in [1.807, 2.05) is 13.8 Å². The molecule has 1 saturated heterocycles. The van der Waals surface area contributed by atoms with Crippen molar-refractivity contribution in [2.75, 3.05) is 6.54 Å². The van der Waals surface area contributed by atoms with Gasteiger partial charge in [0.2, 0.25) is 17.6 Å². The van der Waals surface area contributed by atoms with Gasteiger partial charge in [0.1, 0.15) is 0 Å². The van der Waals surface area contributed by atoms with E-state index >= 15 is 0 Å². The summed E-state index contributed by atoms with van der Waals surface area (Å²) in [5, 5.41) is 4.96. The lowest BCUT2D eigenvalue weighted by atomic mass is 9.93. The fourth-order valence-electron chi connectivity index (χ4n) is 5.97. The van der Waals surface area contributed by atoms with E-state index in [0.29, 0.717) is 24.3 Å². The van der Waals surface area contributed by atoms with Gasteiger partial charge in [-0.05, 0) is 68.9 Å². The number of rotatable bonds is 13. The Labute approximate surface area is 269 Å². The number of ketones is 1. The normalized spacial score (nSPS) is 20.4. The summed E-state index contributed by atoms with van der Waals surface area (Å²) >= 11 is 12.3. The minimum Gasteiger partial charge on any atom is -0.347 e. The summed E-state index contributed by atoms with van der Waals surface area (Å²) in [6, 6.07) is 11.2. The van der Waals surface area contributed by atoms with E-state index in [2.05, 4.69) is 10.6 Å². The van der Waals surface area contributed by atoms with Gasteiger partial charge in [0.05, 0.1) is 26.6 Å². The molecule has 2 fully saturated rings. The number of carbonyl (C=O) groups is 4. The fourth-order valence-corrected chi connectivity index (χ4v) is 8.35. The number of nitrogens with zero attached hydrogens (tertiary/aromatic N) is 1. The highest BCUT2D eigenvalue weighted by Gasteiger charge is 2.56. The summed E-state index contributed by atoms with van der Waals surface area (Å²) in [5.74, 6) is -2.31. The summed E-state index contributed by atoms with van der Waals surface area (Å²) in [5.41, 5.74) is -0.0372. The van der Waals surface area contributed by atoms with Crippen molar-refractivity contribution in [3.05, 3.63) is 64.1 Å². The third-order valence-electron chi connectivity index (χ3n) is 8.58. The van der Waals surface area contributed by atoms with Crippen molar-refractivity contribution in [2.45, 2.75) is 99.4 Å². The number of hydrogen-bond acceptors (Lipinski definition) is 6. The summed E-state index contributed by atoms with van der Waals surface area (Å²) in [4.78, 5) is 54.3. The van der Waals surface area contributed by atoms with Crippen LogP contribution in [0.3, 0.4) is 0 Å². The molecule has 12 heteroatoms. The van der Waals surface area contributed by atoms with Gasteiger partial charge >= 0.3 is 0 Å². The van der Waals surface area contributed by atoms with Crippen LogP contribution in [0, 0.1) is 0 Å². The molecule has 9 nitrogen and oxygen atoms in total. The van der Waals surface area contributed by atoms with Crippen LogP contribution in [0.4, 0.5) is 0 Å². The second-order valence-corrected chi connectivity index (χ2v) is 14.8. The molecule has 238 valence electrons. The number of halogens is 2. The van der Waals surface area contributed by atoms with Crippen molar-refractivity contribution in [1.29, 1.82) is 0 Å². The predicted octanol–water partition coefficient (Wildman–Crippen LogP) is 4.63. The van der Waals surface area contributed by atoms with Crippen molar-refractivity contribution in [2.24, 2.45) is 0 Å². The summed E-state index contributed by atoms with van der Waals surface area (Å²) < 4.78 is 27.4. The van der Waals surface area contributed by atoms with Crippen LogP contribution in [0.15, 0.2) is 53.4 Å². The number of likely N-dealkylation sites (tertiary alicyclic amines) is 1. The molecule has 2 aromatic carbocycles. The highest BCUT2D eigenvalue weighted by molar-refractivity contribution is 7.92. The molecule has 1 saturated carbocycles. The van der Waals surface area contributed by atoms with Crippen LogP contribution in [0.1, 0.15) is 71.3 Å². The molecule has 4 rings (SSSR count). The second-order valence-electron chi connectivity index (χ2n) is 11.8. The van der Waals surface area contributed by atoms with E-state index in [1.165, 1.54) is 17.0 Å². The van der Waals surface area contributed by atoms with Crippen LogP contribution in [-0.4, -0.2) is 66.7 Å². The molecule has 44 heavy (non-hydrogen) atoms. The van der Waals surface area contributed by atoms with Gasteiger partial charge in [-0.1, -0.05) is 67.7 Å². The highest BCUT2D eigenvalue weighted by atomic mass is 35.5. The van der Waals surface area contributed by atoms with Crippen molar-refractivity contribution >= 4 is 56.5 Å². The van der Waals surface area contributed by atoms with E-state index in [4.69, 9.17) is 23.2 Å². The van der Waals surface area contributed by atoms with Crippen molar-refractivity contribution < 1.29 is 27.6 Å². The Bertz CT molecular complexity index is 1510. The Hall–Kier alpha value is -2.95. The topological polar surface area (TPSA) is 130 Å². The maximum Gasteiger partial charge on any atom is 0.289 e. The van der Waals surface area contributed by atoms with Crippen LogP contribution >= 0.6 is 23.2 Å². The van der Waals surface area contributed by atoms with Gasteiger partial charge in [0, 0.05) is 30.1 Å². The molecular formula is C32H39Cl2N3O6S. The zero-order chi connectivity index (χ0) is 32.2. The fraction of sp³-hybridized carbons (Fsp3) is 0.500. The maximum atomic E-state index is 14.1. The number of hydrogen-bond donors (Lipinski definition) is 2. The Morgan fingerprint density at radius 3 is 2.25 bits per heavy atom. The van der Waals surface area contributed by atoms with Gasteiger partial charge in [-0.2, -0.15) is 0 Å². The van der Waals surface area contributed by atoms with E-state index in [1.54, 1.807) is 43.3 Å². The number of sulfone groups is 1. The zero-order valence-electron chi connectivity index (χ0n) is 25.1. The molecule has 0 spiro atoms. The molecule has 0 aromatic heterocycles. The first-order valence-corrected chi connectivity index (χ1v) is 17.3. The Kier molecular flexibility index (Phi) is 10.8. The lowest BCUT2D eigenvalue weighted by Gasteiger charge is -2.29. The van der Waals surface area contributed by atoms with Crippen molar-refractivity contribution in [1.82, 2.24) is 15.5 Å². The maximum absolute atomic E-state index is 14.1. The first-order chi connectivity index (χ1) is 20.8. The minimum atomic E-state index is -3.95. The van der Waals surface area contributed by atoms with Gasteiger partial charge in [0.25, 0.3) is 5.91 Å². The lowest BCUT2D eigenvalue weighted by Crippen LogP contribution is -2.50. The minimum absolute atomic E-state index is 0.0170. The molecule has 3 amide bonds. The first-order valence-electron chi connectivity index (χ1n) is 15.0. The third kappa shape index (κ3) is 7.29. The van der Waals surface area contributed by atoms with Crippen molar-refractivity contribution in [3.63, 3.8) is 0 Å². The molecule has 2 aliphatic rings. The average molecular weight is 665 g/mol. The molecule has 2 aromatic rings. The molecule has 1 aliphatic carbocycles. The Balaban J connectivity index is 1.56. The van der Waals surface area contributed by atoms with Crippen molar-refractivity contribution in [3.8, 4) is 0 Å². The van der Waals surface area contributed by atoms with E-state index in [0.717, 1.165) is 12.0 Å².